The number of nitrogens with zero attached hydrogens (tertiary/aromatic N) is 2. The number of carbonyl (C=O) groups excluding carboxylic acids is 2. The molecular formula is C31H38B2N4O12S. The molecule has 2 aromatic rings. The number of carboxylic acid groups (broad SMARTS) is 3. The first-order chi connectivity index (χ1) is 23.9. The largest absolute Gasteiger partial charge is 0.481 e. The van der Waals surface area contributed by atoms with Crippen LogP contribution in [0, 0.1) is 5.92 Å². The summed E-state index contributed by atoms with van der Waals surface area (Å²) in [5, 5.41) is 57.5. The van der Waals surface area contributed by atoms with Crippen LogP contribution in [0.2, 0.25) is 0 Å². The van der Waals surface area contributed by atoms with Crippen LogP contribution in [0.5, 0.6) is 0 Å². The van der Waals surface area contributed by atoms with Crippen molar-refractivity contribution in [3.63, 3.8) is 0 Å². The molecule has 50 heavy (non-hydrogen) atoms. The van der Waals surface area contributed by atoms with Gasteiger partial charge in [-0.3, -0.25) is 24.0 Å². The number of imidazole rings is 1. The lowest BCUT2D eigenvalue weighted by atomic mass is 9.71. The van der Waals surface area contributed by atoms with Crippen LogP contribution in [-0.2, 0) is 39.8 Å². The minimum atomic E-state index is -1.47. The van der Waals surface area contributed by atoms with Crippen molar-refractivity contribution in [1.29, 1.82) is 0 Å². The van der Waals surface area contributed by atoms with Crippen molar-refractivity contribution < 1.29 is 58.6 Å². The number of carboxylic acids is 3. The van der Waals surface area contributed by atoms with Gasteiger partial charge in [0, 0.05) is 18.0 Å². The second-order valence-corrected chi connectivity index (χ2v) is 14.3. The summed E-state index contributed by atoms with van der Waals surface area (Å²) in [4.78, 5) is 64.5. The van der Waals surface area contributed by atoms with Crippen LogP contribution < -0.4 is 10.6 Å². The first-order valence-electron chi connectivity index (χ1n) is 16.1. The topological polar surface area (TPSA) is 247 Å². The third kappa shape index (κ3) is 9.63. The number of hydrogen-bond donors (Lipinski definition) is 8. The van der Waals surface area contributed by atoms with Crippen LogP contribution in [0.15, 0.2) is 64.0 Å². The average Bonchev–Trinajstić information content (AvgIpc) is 3.71. The molecular weight excluding hydrogens is 674 g/mol. The Kier molecular flexibility index (Phi) is 12.2. The fourth-order valence-electron chi connectivity index (χ4n) is 6.23. The third-order valence-electron chi connectivity index (χ3n) is 8.72. The normalized spacial score (nSPS) is 24.7. The second kappa shape index (κ2) is 16.5. The first kappa shape index (κ1) is 36.9. The number of rotatable bonds is 14. The Morgan fingerprint density at radius 2 is 1.60 bits per heavy atom. The van der Waals surface area contributed by atoms with Gasteiger partial charge in [-0.25, -0.2) is 4.98 Å². The van der Waals surface area contributed by atoms with Crippen molar-refractivity contribution in [1.82, 2.24) is 20.2 Å². The monoisotopic (exact) mass is 712 g/mol. The molecule has 3 aliphatic heterocycles. The maximum absolute atomic E-state index is 12.8. The Balaban J connectivity index is 1.10. The predicted octanol–water partition coefficient (Wildman–Crippen LogP) is 0.729. The molecule has 3 aliphatic rings. The molecule has 16 nitrogen and oxygen atoms in total. The average molecular weight is 712 g/mol. The highest BCUT2D eigenvalue weighted by Crippen LogP contribution is 2.45. The summed E-state index contributed by atoms with van der Waals surface area (Å²) < 4.78 is 12.4. The number of carbonyl (C=O) groups is 5. The summed E-state index contributed by atoms with van der Waals surface area (Å²) in [7, 11) is -3.61. The Bertz CT molecular complexity index is 1650. The molecule has 2 saturated heterocycles. The highest BCUT2D eigenvalue weighted by molar-refractivity contribution is 8.22. The van der Waals surface area contributed by atoms with Gasteiger partial charge in [-0.15, -0.1) is 0 Å². The van der Waals surface area contributed by atoms with E-state index in [0.29, 0.717) is 18.7 Å². The first-order valence-corrected chi connectivity index (χ1v) is 17.5. The molecule has 1 aromatic heterocycles. The minimum Gasteiger partial charge on any atom is -0.481 e. The van der Waals surface area contributed by atoms with Crippen LogP contribution in [0.25, 0.3) is 11.4 Å². The second-order valence-electron chi connectivity index (χ2n) is 12.4. The highest BCUT2D eigenvalue weighted by atomic mass is 32.2. The van der Waals surface area contributed by atoms with E-state index in [-0.39, 0.29) is 44.0 Å². The Morgan fingerprint density at radius 3 is 2.24 bits per heavy atom. The smallest absolute Gasteiger partial charge is 0.478 e. The molecule has 266 valence electrons. The lowest BCUT2D eigenvalue weighted by molar-refractivity contribution is -0.152. The van der Waals surface area contributed by atoms with Gasteiger partial charge in [-0.1, -0.05) is 18.2 Å². The van der Waals surface area contributed by atoms with Gasteiger partial charge in [-0.2, -0.15) is 10.9 Å². The molecule has 7 N–H and O–H groups in total. The number of thiol groups is 1. The Morgan fingerprint density at radius 1 is 0.920 bits per heavy atom. The minimum absolute atomic E-state index is 0.0549. The van der Waals surface area contributed by atoms with E-state index in [4.69, 9.17) is 19.5 Å². The van der Waals surface area contributed by atoms with Gasteiger partial charge in [0.2, 0.25) is 11.8 Å². The number of aliphatic carboxylic acids is 3. The zero-order chi connectivity index (χ0) is 35.9. The van der Waals surface area contributed by atoms with Gasteiger partial charge in [0.05, 0.1) is 49.3 Å². The van der Waals surface area contributed by atoms with Gasteiger partial charge in [0.25, 0.3) is 0 Å². The molecule has 2 unspecified atom stereocenters. The zero-order valence-corrected chi connectivity index (χ0v) is 27.7. The molecule has 1 aromatic carbocycles. The summed E-state index contributed by atoms with van der Waals surface area (Å²) in [6.45, 7) is -0.0549. The number of aromatic nitrogens is 2. The fraction of sp³-hybridized carbons (Fsp3) is 0.419. The van der Waals surface area contributed by atoms with E-state index >= 15 is 0 Å². The third-order valence-corrected chi connectivity index (χ3v) is 10.7. The molecule has 0 aliphatic carbocycles. The van der Waals surface area contributed by atoms with Crippen molar-refractivity contribution in [2.45, 2.75) is 80.5 Å². The molecule has 2 fully saturated rings. The van der Waals surface area contributed by atoms with Gasteiger partial charge in [0.15, 0.2) is 0 Å². The van der Waals surface area contributed by atoms with Gasteiger partial charge >= 0.3 is 32.1 Å². The van der Waals surface area contributed by atoms with Crippen LogP contribution in [0.4, 0.5) is 0 Å². The maximum atomic E-state index is 12.8. The molecule has 19 heteroatoms. The van der Waals surface area contributed by atoms with Crippen molar-refractivity contribution in [2.75, 3.05) is 0 Å². The quantitative estimate of drug-likeness (QED) is 0.0996. The Labute approximate surface area is 290 Å². The number of amides is 2. The number of benzene rings is 1. The summed E-state index contributed by atoms with van der Waals surface area (Å²) in [5.41, 5.74) is 1.57. The molecule has 2 amide bonds. The summed E-state index contributed by atoms with van der Waals surface area (Å²) in [5.74, 6) is -6.49. The van der Waals surface area contributed by atoms with Gasteiger partial charge in [0.1, 0.15) is 12.4 Å². The van der Waals surface area contributed by atoms with Crippen LogP contribution >= 0.6 is 10.9 Å². The van der Waals surface area contributed by atoms with Crippen molar-refractivity contribution >= 4 is 54.9 Å². The highest BCUT2D eigenvalue weighted by Gasteiger charge is 2.42. The van der Waals surface area contributed by atoms with Crippen molar-refractivity contribution in [2.24, 2.45) is 5.92 Å². The predicted molar refractivity (Wildman–Crippen MR) is 180 cm³/mol. The van der Waals surface area contributed by atoms with Gasteiger partial charge in [-0.05, 0) is 59.1 Å². The molecule has 0 saturated carbocycles. The maximum Gasteiger partial charge on any atom is 0.478 e. The SMILES string of the molecule is O=C(O)CC(C(=O)O)[C@@H]1CC[C@H](NC(=O)CC2=C[SH](c3ccc(-c4nccn4CC(=O)N[C@H]4CC[C@@H](CC(=O)O)OB4O)cc3)C=C2)B(O)O1. The van der Waals surface area contributed by atoms with E-state index in [1.807, 2.05) is 41.2 Å². The van der Waals surface area contributed by atoms with E-state index < -0.39 is 79.5 Å². The number of nitrogens with one attached hydrogen (secondary N) is 2. The van der Waals surface area contributed by atoms with E-state index in [1.54, 1.807) is 17.0 Å². The summed E-state index contributed by atoms with van der Waals surface area (Å²) >= 11 is 0. The molecule has 0 radical (unpaired) electrons. The van der Waals surface area contributed by atoms with E-state index in [9.17, 15) is 39.1 Å². The van der Waals surface area contributed by atoms with Crippen LogP contribution in [0.1, 0.15) is 44.9 Å². The zero-order valence-electron chi connectivity index (χ0n) is 26.8. The van der Waals surface area contributed by atoms with Crippen LogP contribution in [0.3, 0.4) is 0 Å². The number of allylic oxidation sites excluding steroid dienone is 1. The van der Waals surface area contributed by atoms with Crippen LogP contribution in [-0.4, -0.2) is 103 Å². The lowest BCUT2D eigenvalue weighted by Gasteiger charge is -2.34. The molecule has 0 spiro atoms. The molecule has 0 bridgehead atoms. The standard InChI is InChI=1S/C31H38B2N4O12S/c38-26(35-25-8-6-23(49-33(25)47)22(31(44)45)15-29(42)43)13-18-9-12-50(17-18)21-4-1-19(2-5-21)30-34-10-11-37(30)16-27(39)36-24-7-3-20(14-28(40)41)48-32(24)46/h1-2,4-5,9-12,17,20,22-25,46-47,50H,3,6-8,13-16H2,(H,35,38)(H,36,39)(H,40,41)(H,42,43)(H,44,45)/t20-,22?,23-,24-,25-/m0/s1. The molecule has 6 atom stereocenters. The summed E-state index contributed by atoms with van der Waals surface area (Å²) in [6, 6.07) is 7.69. The van der Waals surface area contributed by atoms with E-state index in [0.717, 1.165) is 16.0 Å². The van der Waals surface area contributed by atoms with Crippen molar-refractivity contribution in [3.05, 3.63) is 59.1 Å². The molecule has 4 heterocycles. The van der Waals surface area contributed by atoms with E-state index in [2.05, 4.69) is 15.6 Å². The fourth-order valence-corrected chi connectivity index (χ4v) is 8.01. The number of hydrogen-bond acceptors (Lipinski definition) is 10. The Hall–Kier alpha value is -4.42. The summed E-state index contributed by atoms with van der Waals surface area (Å²) in [6.07, 6.45) is 3.92. The van der Waals surface area contributed by atoms with Crippen molar-refractivity contribution in [3.8, 4) is 11.4 Å². The lowest BCUT2D eigenvalue weighted by Crippen LogP contribution is -2.54. The van der Waals surface area contributed by atoms with E-state index in [1.165, 1.54) is 0 Å². The molecule has 5 rings (SSSR count). The van der Waals surface area contributed by atoms with Gasteiger partial charge < -0.3 is 49.9 Å².